The Kier molecular flexibility index (Phi) is 5.88. The molecule has 144 valence electrons. The van der Waals surface area contributed by atoms with E-state index in [1.54, 1.807) is 16.2 Å². The first-order chi connectivity index (χ1) is 12.9. The van der Waals surface area contributed by atoms with Gasteiger partial charge >= 0.3 is 0 Å². The fraction of sp³-hybridized carbons (Fsp3) is 0.353. The van der Waals surface area contributed by atoms with Crippen molar-refractivity contribution in [3.05, 3.63) is 56.8 Å². The number of hydrogen-bond donors (Lipinski definition) is 0. The predicted octanol–water partition coefficient (Wildman–Crippen LogP) is 2.12. The molecule has 3 rings (SSSR count). The maximum atomic E-state index is 12.7. The standard InChI is InChI=1S/C17H19N3O5S2/c21-17(7-6-15-4-2-12-26-15)18-8-10-19(11-9-18)27(24,25)16-5-1-3-14(13-16)20(22)23/h1-5,12-13H,6-11H2. The summed E-state index contributed by atoms with van der Waals surface area (Å²) in [7, 11) is -3.82. The second-order valence-corrected chi connectivity index (χ2v) is 9.09. The molecule has 1 saturated heterocycles. The maximum absolute atomic E-state index is 12.7. The van der Waals surface area contributed by atoms with Crippen molar-refractivity contribution in [2.75, 3.05) is 26.2 Å². The van der Waals surface area contributed by atoms with Gasteiger partial charge in [-0.15, -0.1) is 11.3 Å². The molecule has 0 N–H and O–H groups in total. The van der Waals surface area contributed by atoms with Crippen LogP contribution in [0.15, 0.2) is 46.7 Å². The molecule has 1 fully saturated rings. The quantitative estimate of drug-likeness (QED) is 0.537. The minimum absolute atomic E-state index is 0.01000. The van der Waals surface area contributed by atoms with Crippen LogP contribution in [0.25, 0.3) is 0 Å². The van der Waals surface area contributed by atoms with Gasteiger partial charge < -0.3 is 4.90 Å². The van der Waals surface area contributed by atoms with Gasteiger partial charge in [0.25, 0.3) is 5.69 Å². The molecule has 1 aromatic heterocycles. The lowest BCUT2D eigenvalue weighted by molar-refractivity contribution is -0.385. The summed E-state index contributed by atoms with van der Waals surface area (Å²) in [6, 6.07) is 8.96. The predicted molar refractivity (Wildman–Crippen MR) is 101 cm³/mol. The van der Waals surface area contributed by atoms with E-state index >= 15 is 0 Å². The number of hydrogen-bond acceptors (Lipinski definition) is 6. The first-order valence-electron chi connectivity index (χ1n) is 8.43. The fourth-order valence-corrected chi connectivity index (χ4v) is 5.10. The summed E-state index contributed by atoms with van der Waals surface area (Å²) in [6.07, 6.45) is 1.08. The van der Waals surface area contributed by atoms with Crippen molar-refractivity contribution in [1.82, 2.24) is 9.21 Å². The Balaban J connectivity index is 1.60. The van der Waals surface area contributed by atoms with Crippen LogP contribution in [0.4, 0.5) is 5.69 Å². The number of nitro groups is 1. The summed E-state index contributed by atoms with van der Waals surface area (Å²) in [5, 5.41) is 12.8. The van der Waals surface area contributed by atoms with Crippen molar-refractivity contribution in [3.8, 4) is 0 Å². The van der Waals surface area contributed by atoms with Gasteiger partial charge in [-0.3, -0.25) is 14.9 Å². The van der Waals surface area contributed by atoms with Crippen molar-refractivity contribution in [1.29, 1.82) is 0 Å². The molecule has 1 amide bonds. The molecule has 0 unspecified atom stereocenters. The van der Waals surface area contributed by atoms with Crippen LogP contribution < -0.4 is 0 Å². The number of non-ortho nitro benzene ring substituents is 1. The first kappa shape index (κ1) is 19.5. The van der Waals surface area contributed by atoms with E-state index in [1.165, 1.54) is 22.5 Å². The third-order valence-corrected chi connectivity index (χ3v) is 7.25. The maximum Gasteiger partial charge on any atom is 0.270 e. The summed E-state index contributed by atoms with van der Waals surface area (Å²) in [6.45, 7) is 0.987. The molecule has 8 nitrogen and oxygen atoms in total. The van der Waals surface area contributed by atoms with E-state index < -0.39 is 14.9 Å². The Bertz CT molecular complexity index is 920. The van der Waals surface area contributed by atoms with E-state index in [0.717, 1.165) is 10.9 Å². The van der Waals surface area contributed by atoms with Crippen LogP contribution in [0.3, 0.4) is 0 Å². The number of carbonyl (C=O) groups is 1. The average molecular weight is 409 g/mol. The third-order valence-electron chi connectivity index (χ3n) is 4.42. The SMILES string of the molecule is O=C(CCc1cccs1)N1CCN(S(=O)(=O)c2cccc([N+](=O)[O-])c2)CC1. The van der Waals surface area contributed by atoms with E-state index in [9.17, 15) is 23.3 Å². The van der Waals surface area contributed by atoms with Gasteiger partial charge in [-0.2, -0.15) is 4.31 Å². The lowest BCUT2D eigenvalue weighted by Gasteiger charge is -2.34. The van der Waals surface area contributed by atoms with Crippen molar-refractivity contribution >= 4 is 33.0 Å². The van der Waals surface area contributed by atoms with Gasteiger partial charge in [0.1, 0.15) is 0 Å². The topological polar surface area (TPSA) is 101 Å². The lowest BCUT2D eigenvalue weighted by atomic mass is 10.2. The molecule has 0 spiro atoms. The molecular formula is C17H19N3O5S2. The number of benzene rings is 1. The van der Waals surface area contributed by atoms with E-state index in [2.05, 4.69) is 0 Å². The number of rotatable bonds is 6. The number of amides is 1. The number of sulfonamides is 1. The molecule has 0 radical (unpaired) electrons. The highest BCUT2D eigenvalue weighted by atomic mass is 32.2. The van der Waals surface area contributed by atoms with Crippen LogP contribution in [0.1, 0.15) is 11.3 Å². The van der Waals surface area contributed by atoms with Crippen LogP contribution in [-0.4, -0.2) is 54.6 Å². The van der Waals surface area contributed by atoms with Gasteiger partial charge in [-0.05, 0) is 23.9 Å². The highest BCUT2D eigenvalue weighted by Crippen LogP contribution is 2.22. The minimum Gasteiger partial charge on any atom is -0.340 e. The molecule has 0 saturated carbocycles. The molecule has 1 aliphatic rings. The second kappa shape index (κ2) is 8.15. The monoisotopic (exact) mass is 409 g/mol. The molecule has 0 atom stereocenters. The summed E-state index contributed by atoms with van der Waals surface area (Å²) >= 11 is 1.61. The van der Waals surface area contributed by atoms with Crippen molar-refractivity contribution in [2.45, 2.75) is 17.7 Å². The Hall–Kier alpha value is -2.30. The lowest BCUT2D eigenvalue weighted by Crippen LogP contribution is -2.50. The number of thiophene rings is 1. The smallest absolute Gasteiger partial charge is 0.270 e. The number of aryl methyl sites for hydroxylation is 1. The summed E-state index contributed by atoms with van der Waals surface area (Å²) in [5.41, 5.74) is -0.265. The van der Waals surface area contributed by atoms with Crippen LogP contribution in [0, 0.1) is 10.1 Å². The zero-order valence-corrected chi connectivity index (χ0v) is 16.1. The Labute approximate surface area is 161 Å². The Morgan fingerprint density at radius 2 is 1.89 bits per heavy atom. The van der Waals surface area contributed by atoms with Crippen LogP contribution in [-0.2, 0) is 21.2 Å². The molecule has 1 aliphatic heterocycles. The molecule has 2 heterocycles. The minimum atomic E-state index is -3.82. The normalized spacial score (nSPS) is 15.6. The van der Waals surface area contributed by atoms with E-state index in [-0.39, 0.29) is 29.6 Å². The fourth-order valence-electron chi connectivity index (χ4n) is 2.93. The van der Waals surface area contributed by atoms with Gasteiger partial charge in [0.05, 0.1) is 9.82 Å². The number of piperazine rings is 1. The number of nitro benzene ring substituents is 1. The summed E-state index contributed by atoms with van der Waals surface area (Å²) in [4.78, 5) is 25.3. The van der Waals surface area contributed by atoms with Crippen LogP contribution in [0.5, 0.6) is 0 Å². The van der Waals surface area contributed by atoms with E-state index in [1.807, 2.05) is 17.5 Å². The van der Waals surface area contributed by atoms with Crippen LogP contribution >= 0.6 is 11.3 Å². The largest absolute Gasteiger partial charge is 0.340 e. The summed E-state index contributed by atoms with van der Waals surface area (Å²) in [5.74, 6) is 0.01000. The zero-order valence-electron chi connectivity index (χ0n) is 14.5. The van der Waals surface area contributed by atoms with Gasteiger partial charge in [0, 0.05) is 49.6 Å². The van der Waals surface area contributed by atoms with E-state index in [0.29, 0.717) is 25.9 Å². The number of nitrogens with zero attached hydrogens (tertiary/aromatic N) is 3. The molecule has 2 aromatic rings. The van der Waals surface area contributed by atoms with Crippen molar-refractivity contribution < 1.29 is 18.1 Å². The van der Waals surface area contributed by atoms with Gasteiger partial charge in [-0.25, -0.2) is 8.42 Å². The Morgan fingerprint density at radius 1 is 1.15 bits per heavy atom. The Morgan fingerprint density at radius 3 is 2.52 bits per heavy atom. The second-order valence-electron chi connectivity index (χ2n) is 6.12. The molecule has 1 aromatic carbocycles. The molecular weight excluding hydrogens is 390 g/mol. The number of carbonyl (C=O) groups excluding carboxylic acids is 1. The highest BCUT2D eigenvalue weighted by Gasteiger charge is 2.30. The average Bonchev–Trinajstić information content (AvgIpc) is 3.20. The molecule has 0 aliphatic carbocycles. The zero-order chi connectivity index (χ0) is 19.4. The molecule has 10 heteroatoms. The van der Waals surface area contributed by atoms with Crippen molar-refractivity contribution in [3.63, 3.8) is 0 Å². The van der Waals surface area contributed by atoms with E-state index in [4.69, 9.17) is 0 Å². The van der Waals surface area contributed by atoms with Gasteiger partial charge in [0.2, 0.25) is 15.9 Å². The van der Waals surface area contributed by atoms with Gasteiger partial charge in [-0.1, -0.05) is 12.1 Å². The first-order valence-corrected chi connectivity index (χ1v) is 10.7. The molecule has 27 heavy (non-hydrogen) atoms. The van der Waals surface area contributed by atoms with Crippen LogP contribution in [0.2, 0.25) is 0 Å². The summed E-state index contributed by atoms with van der Waals surface area (Å²) < 4.78 is 26.7. The third kappa shape index (κ3) is 4.52. The van der Waals surface area contributed by atoms with Crippen molar-refractivity contribution in [2.24, 2.45) is 0 Å². The molecule has 0 bridgehead atoms. The highest BCUT2D eigenvalue weighted by molar-refractivity contribution is 7.89. The van der Waals surface area contributed by atoms with Gasteiger partial charge in [0.15, 0.2) is 0 Å².